The maximum atomic E-state index is 12.5. The second-order valence-corrected chi connectivity index (χ2v) is 16.2. The van der Waals surface area contributed by atoms with Gasteiger partial charge in [0.15, 0.2) is 0 Å². The first-order valence-electron chi connectivity index (χ1n) is 16.2. The zero-order valence-corrected chi connectivity index (χ0v) is 30.4. The summed E-state index contributed by atoms with van der Waals surface area (Å²) in [5.41, 5.74) is -1.71. The molecule has 298 valence electrons. The Hall–Kier alpha value is -3.82. The minimum atomic E-state index is -5.38. The van der Waals surface area contributed by atoms with Crippen LogP contribution in [-0.2, 0) is 44.3 Å². The Morgan fingerprint density at radius 1 is 0.642 bits per heavy atom. The number of benzene rings is 1. The smallest absolute Gasteiger partial charge is 0.360 e. The number of carbonyl (C=O) groups excluding carboxylic acids is 2. The topological polar surface area (TPSA) is 335 Å². The molecule has 0 aromatic heterocycles. The molecule has 0 aliphatic carbocycles. The van der Waals surface area contributed by atoms with Crippen LogP contribution in [0, 0.1) is 0 Å². The number of amides is 2. The highest BCUT2D eigenvalue weighted by Gasteiger charge is 2.44. The average molecular weight is 797 g/mol. The van der Waals surface area contributed by atoms with Crippen molar-refractivity contribution < 1.29 is 77.9 Å². The molecule has 53 heavy (non-hydrogen) atoms. The van der Waals surface area contributed by atoms with Crippen LogP contribution in [0.5, 0.6) is 0 Å². The standard InChI is InChI=1S/C29H46N6O16P2/c36-23(2-1-3-24(37)31-29(52(46,47)48)53(49,50)51)30-21-6-4-20(5-7-21)14-22-15-34(18-27(42)43)11-10-32(16-25(38)39)8-9-33(17-26(40)41)12-13-35(22)19-28(44)45/h4-7,22,29H,1-3,8-19H2,(H,30,36)(H,31,37)(H,38,39)(H,40,41)(H,42,43)(H,44,45)(H2,46,47,48)(H2,49,50,51). The Morgan fingerprint density at radius 3 is 1.55 bits per heavy atom. The third kappa shape index (κ3) is 18.2. The third-order valence-electron chi connectivity index (χ3n) is 8.01. The number of hydrogen-bond donors (Lipinski definition) is 10. The van der Waals surface area contributed by atoms with Crippen molar-refractivity contribution >= 4 is 56.6 Å². The van der Waals surface area contributed by atoms with Crippen LogP contribution in [0.15, 0.2) is 24.3 Å². The molecule has 24 heteroatoms. The Balaban J connectivity index is 2.19. The number of carbonyl (C=O) groups is 6. The maximum Gasteiger partial charge on any atom is 0.360 e. The lowest BCUT2D eigenvalue weighted by Gasteiger charge is -2.37. The number of carboxylic acid groups (broad SMARTS) is 4. The normalized spacial score (nSPS) is 17.7. The largest absolute Gasteiger partial charge is 0.480 e. The Morgan fingerprint density at radius 2 is 1.08 bits per heavy atom. The van der Waals surface area contributed by atoms with Crippen molar-refractivity contribution in [3.63, 3.8) is 0 Å². The van der Waals surface area contributed by atoms with Gasteiger partial charge in [-0.25, -0.2) is 0 Å². The molecule has 1 aliphatic rings. The van der Waals surface area contributed by atoms with Crippen molar-refractivity contribution in [3.8, 4) is 0 Å². The SMILES string of the molecule is O=C(O)CN1CCN(CC(=O)O)CCN(CC(=O)O)C(Cc2ccc(NC(=O)CCCC(=O)NC(P(=O)(O)O)P(=O)(O)O)cc2)CN(CC(=O)O)CC1. The van der Waals surface area contributed by atoms with E-state index < -0.39 is 82.0 Å². The van der Waals surface area contributed by atoms with Gasteiger partial charge in [0.2, 0.25) is 17.3 Å². The molecule has 1 unspecified atom stereocenters. The first-order chi connectivity index (χ1) is 24.6. The summed E-state index contributed by atoms with van der Waals surface area (Å²) in [6, 6.07) is 5.79. The highest BCUT2D eigenvalue weighted by Crippen LogP contribution is 2.58. The third-order valence-corrected chi connectivity index (χ3v) is 11.4. The van der Waals surface area contributed by atoms with Crippen molar-refractivity contribution in [2.24, 2.45) is 0 Å². The molecule has 1 atom stereocenters. The fourth-order valence-corrected chi connectivity index (χ4v) is 7.76. The van der Waals surface area contributed by atoms with E-state index in [1.165, 1.54) is 0 Å². The van der Waals surface area contributed by atoms with Crippen LogP contribution in [0.4, 0.5) is 5.69 Å². The van der Waals surface area contributed by atoms with E-state index in [0.717, 1.165) is 0 Å². The molecule has 0 radical (unpaired) electrons. The van der Waals surface area contributed by atoms with E-state index in [-0.39, 0.29) is 78.2 Å². The van der Waals surface area contributed by atoms with E-state index in [1.807, 2.05) is 0 Å². The molecule has 0 saturated carbocycles. The molecule has 1 heterocycles. The minimum absolute atomic E-state index is 0.0640. The van der Waals surface area contributed by atoms with Crippen LogP contribution in [0.25, 0.3) is 0 Å². The van der Waals surface area contributed by atoms with Crippen molar-refractivity contribution in [1.29, 1.82) is 0 Å². The number of anilines is 1. The highest BCUT2D eigenvalue weighted by atomic mass is 31.2. The van der Waals surface area contributed by atoms with Gasteiger partial charge in [0.05, 0.1) is 26.2 Å². The van der Waals surface area contributed by atoms with Gasteiger partial charge in [0, 0.05) is 70.4 Å². The molecule has 0 spiro atoms. The molecule has 2 amide bonds. The van der Waals surface area contributed by atoms with E-state index in [0.29, 0.717) is 11.3 Å². The van der Waals surface area contributed by atoms with Gasteiger partial charge < -0.3 is 50.6 Å². The monoisotopic (exact) mass is 796 g/mol. The summed E-state index contributed by atoms with van der Waals surface area (Å²) < 4.78 is 22.7. The minimum Gasteiger partial charge on any atom is -0.480 e. The zero-order valence-electron chi connectivity index (χ0n) is 28.6. The molecule has 1 aliphatic heterocycles. The molecule has 10 N–H and O–H groups in total. The zero-order chi connectivity index (χ0) is 39.9. The van der Waals surface area contributed by atoms with Gasteiger partial charge in [-0.1, -0.05) is 12.1 Å². The van der Waals surface area contributed by atoms with Crippen LogP contribution in [-0.4, -0.2) is 179 Å². The molecule has 1 fully saturated rings. The lowest BCUT2D eigenvalue weighted by Crippen LogP contribution is -2.53. The molecule has 2 rings (SSSR count). The van der Waals surface area contributed by atoms with Gasteiger partial charge >= 0.3 is 39.1 Å². The summed E-state index contributed by atoms with van der Waals surface area (Å²) in [6.07, 6.45) is -0.632. The number of hydrogen-bond acceptors (Lipinski definition) is 12. The van der Waals surface area contributed by atoms with E-state index in [4.69, 9.17) is 19.6 Å². The second-order valence-electron chi connectivity index (χ2n) is 12.4. The second kappa shape index (κ2) is 21.2. The quantitative estimate of drug-likeness (QED) is 0.0720. The average Bonchev–Trinajstić information content (AvgIpc) is 3.00. The van der Waals surface area contributed by atoms with Gasteiger partial charge in [-0.15, -0.1) is 0 Å². The number of nitrogens with zero attached hydrogens (tertiary/aromatic N) is 4. The van der Waals surface area contributed by atoms with Gasteiger partial charge in [0.1, 0.15) is 0 Å². The summed E-state index contributed by atoms with van der Waals surface area (Å²) >= 11 is 0. The Bertz CT molecular complexity index is 1520. The summed E-state index contributed by atoms with van der Waals surface area (Å²) in [5.74, 6) is -6.18. The lowest BCUT2D eigenvalue weighted by molar-refractivity contribution is -0.142. The predicted octanol–water partition coefficient (Wildman–Crippen LogP) is -1.98. The van der Waals surface area contributed by atoms with Crippen molar-refractivity contribution in [3.05, 3.63) is 29.8 Å². The van der Waals surface area contributed by atoms with Crippen LogP contribution >= 0.6 is 15.2 Å². The molecule has 22 nitrogen and oxygen atoms in total. The highest BCUT2D eigenvalue weighted by molar-refractivity contribution is 7.70. The number of rotatable bonds is 18. The van der Waals surface area contributed by atoms with Gasteiger partial charge in [-0.05, 0) is 30.5 Å². The van der Waals surface area contributed by atoms with Crippen molar-refractivity contribution in [1.82, 2.24) is 24.9 Å². The number of nitrogens with one attached hydrogen (secondary N) is 2. The predicted molar refractivity (Wildman–Crippen MR) is 184 cm³/mol. The lowest BCUT2D eigenvalue weighted by atomic mass is 10.0. The van der Waals surface area contributed by atoms with E-state index in [1.54, 1.807) is 49.2 Å². The summed E-state index contributed by atoms with van der Waals surface area (Å²) in [6.45, 7) is -0.686. The van der Waals surface area contributed by atoms with Gasteiger partial charge in [0.25, 0.3) is 0 Å². The van der Waals surface area contributed by atoms with Crippen molar-refractivity contribution in [2.75, 3.05) is 77.3 Å². The van der Waals surface area contributed by atoms with Crippen LogP contribution in [0.2, 0.25) is 0 Å². The molecular formula is C29H46N6O16P2. The van der Waals surface area contributed by atoms with Gasteiger partial charge in [-0.3, -0.25) is 57.5 Å². The van der Waals surface area contributed by atoms with E-state index in [9.17, 15) is 58.3 Å². The fourth-order valence-electron chi connectivity index (χ4n) is 5.57. The fraction of sp³-hybridized carbons (Fsp3) is 0.586. The maximum absolute atomic E-state index is 12.5. The summed E-state index contributed by atoms with van der Waals surface area (Å²) in [5, 5.41) is 42.4. The number of aliphatic carboxylic acids is 4. The molecule has 1 aromatic carbocycles. The van der Waals surface area contributed by atoms with Crippen LogP contribution in [0.1, 0.15) is 24.8 Å². The molecular weight excluding hydrogens is 750 g/mol. The van der Waals surface area contributed by atoms with Crippen LogP contribution in [0.3, 0.4) is 0 Å². The number of carboxylic acids is 4. The molecule has 1 saturated heterocycles. The first-order valence-corrected chi connectivity index (χ1v) is 19.6. The Kier molecular flexibility index (Phi) is 18.1. The summed E-state index contributed by atoms with van der Waals surface area (Å²) in [7, 11) is -10.8. The Labute approximate surface area is 303 Å². The van der Waals surface area contributed by atoms with Crippen LogP contribution < -0.4 is 10.6 Å². The van der Waals surface area contributed by atoms with E-state index >= 15 is 0 Å². The summed E-state index contributed by atoms with van der Waals surface area (Å²) in [4.78, 5) is 114. The van der Waals surface area contributed by atoms with Gasteiger partial charge in [-0.2, -0.15) is 0 Å². The van der Waals surface area contributed by atoms with E-state index in [2.05, 4.69) is 5.32 Å². The molecule has 1 aromatic rings. The molecule has 0 bridgehead atoms. The van der Waals surface area contributed by atoms with Crippen molar-refractivity contribution in [2.45, 2.75) is 37.2 Å². The first kappa shape index (κ1) is 45.3.